The number of amides is 2. The summed E-state index contributed by atoms with van der Waals surface area (Å²) in [5, 5.41) is 6.22. The molecular formula is C16H24N2O3S. The van der Waals surface area contributed by atoms with E-state index in [4.69, 9.17) is 4.74 Å². The first kappa shape index (κ1) is 16.8. The number of nitrogens with one attached hydrogen (secondary N) is 2. The summed E-state index contributed by atoms with van der Waals surface area (Å²) in [6.45, 7) is 6.87. The van der Waals surface area contributed by atoms with Crippen LogP contribution in [0.15, 0.2) is 0 Å². The zero-order valence-corrected chi connectivity index (χ0v) is 14.3. The predicted octanol–water partition coefficient (Wildman–Crippen LogP) is 3.90. The summed E-state index contributed by atoms with van der Waals surface area (Å²) in [4.78, 5) is 25.5. The van der Waals surface area contributed by atoms with Gasteiger partial charge in [0, 0.05) is 11.4 Å². The van der Waals surface area contributed by atoms with Crippen LogP contribution < -0.4 is 10.6 Å². The van der Waals surface area contributed by atoms with Crippen LogP contribution in [0, 0.1) is 0 Å². The molecule has 0 bridgehead atoms. The van der Waals surface area contributed by atoms with Gasteiger partial charge in [-0.05, 0) is 44.1 Å². The standard InChI is InChI=1S/C16H24N2O3S/c1-4-9-17-16(20)18-14-13(15(19)21-5-2)12-10(3)7-6-8-11(12)22-14/h10H,4-9H2,1-3H3,(H2,17,18,20)/t10-/m0/s1. The van der Waals surface area contributed by atoms with Gasteiger partial charge < -0.3 is 10.1 Å². The van der Waals surface area contributed by atoms with E-state index in [9.17, 15) is 9.59 Å². The maximum absolute atomic E-state index is 12.4. The highest BCUT2D eigenvalue weighted by molar-refractivity contribution is 7.17. The lowest BCUT2D eigenvalue weighted by Crippen LogP contribution is -2.29. The number of carbonyl (C=O) groups excluding carboxylic acids is 2. The molecule has 1 atom stereocenters. The van der Waals surface area contributed by atoms with Crippen molar-refractivity contribution >= 4 is 28.3 Å². The first-order chi connectivity index (χ1) is 10.6. The number of thiophene rings is 1. The molecule has 1 aliphatic rings. The molecule has 0 fully saturated rings. The zero-order chi connectivity index (χ0) is 16.1. The number of aryl methyl sites for hydroxylation is 1. The molecule has 0 saturated heterocycles. The number of ether oxygens (including phenoxy) is 1. The SMILES string of the molecule is CCCNC(=O)Nc1sc2c(c1C(=O)OCC)[C@@H](C)CCC2. The maximum atomic E-state index is 12.4. The molecule has 1 aromatic heterocycles. The molecule has 5 nitrogen and oxygen atoms in total. The minimum absolute atomic E-state index is 0.265. The largest absolute Gasteiger partial charge is 0.462 e. The lowest BCUT2D eigenvalue weighted by Gasteiger charge is -2.19. The van der Waals surface area contributed by atoms with Gasteiger partial charge in [0.2, 0.25) is 0 Å². The fourth-order valence-electron chi connectivity index (χ4n) is 2.79. The van der Waals surface area contributed by atoms with Gasteiger partial charge in [-0.25, -0.2) is 9.59 Å². The lowest BCUT2D eigenvalue weighted by molar-refractivity contribution is 0.0526. The second-order valence-electron chi connectivity index (χ2n) is 5.54. The molecule has 6 heteroatoms. The van der Waals surface area contributed by atoms with Crippen molar-refractivity contribution in [1.29, 1.82) is 0 Å². The summed E-state index contributed by atoms with van der Waals surface area (Å²) in [6, 6.07) is -0.265. The third kappa shape index (κ3) is 3.61. The van der Waals surface area contributed by atoms with Gasteiger partial charge in [0.1, 0.15) is 5.00 Å². The van der Waals surface area contributed by atoms with Crippen LogP contribution in [0.25, 0.3) is 0 Å². The Labute approximate surface area is 135 Å². The first-order valence-corrected chi connectivity index (χ1v) is 8.77. The van der Waals surface area contributed by atoms with Crippen LogP contribution in [-0.4, -0.2) is 25.2 Å². The van der Waals surface area contributed by atoms with E-state index in [0.717, 1.165) is 31.2 Å². The van der Waals surface area contributed by atoms with Crippen molar-refractivity contribution in [3.05, 3.63) is 16.0 Å². The van der Waals surface area contributed by atoms with Crippen molar-refractivity contribution in [2.45, 2.75) is 52.4 Å². The quantitative estimate of drug-likeness (QED) is 0.807. The average Bonchev–Trinajstić information content (AvgIpc) is 2.84. The van der Waals surface area contributed by atoms with Crippen LogP contribution in [-0.2, 0) is 11.2 Å². The van der Waals surface area contributed by atoms with Crippen molar-refractivity contribution in [2.75, 3.05) is 18.5 Å². The fourth-order valence-corrected chi connectivity index (χ4v) is 4.14. The highest BCUT2D eigenvalue weighted by atomic mass is 32.1. The average molecular weight is 324 g/mol. The van der Waals surface area contributed by atoms with Gasteiger partial charge in [-0.1, -0.05) is 13.8 Å². The molecule has 22 heavy (non-hydrogen) atoms. The van der Waals surface area contributed by atoms with Crippen molar-refractivity contribution < 1.29 is 14.3 Å². The number of anilines is 1. The van der Waals surface area contributed by atoms with Crippen molar-refractivity contribution in [3.8, 4) is 0 Å². The second kappa shape index (κ2) is 7.63. The highest BCUT2D eigenvalue weighted by Gasteiger charge is 2.30. The number of carbonyl (C=O) groups is 2. The highest BCUT2D eigenvalue weighted by Crippen LogP contribution is 2.43. The van der Waals surface area contributed by atoms with Crippen molar-refractivity contribution in [2.24, 2.45) is 0 Å². The molecule has 0 unspecified atom stereocenters. The Morgan fingerprint density at radius 3 is 2.82 bits per heavy atom. The summed E-state index contributed by atoms with van der Waals surface area (Å²) in [5.74, 6) is -0.00630. The van der Waals surface area contributed by atoms with Crippen LogP contribution >= 0.6 is 11.3 Å². The summed E-state index contributed by atoms with van der Waals surface area (Å²) in [6.07, 6.45) is 4.03. The Kier molecular flexibility index (Phi) is 5.83. The fraction of sp³-hybridized carbons (Fsp3) is 0.625. The number of rotatable bonds is 5. The molecule has 0 aliphatic heterocycles. The lowest BCUT2D eigenvalue weighted by atomic mass is 9.86. The third-order valence-corrected chi connectivity index (χ3v) is 4.98. The number of hydrogen-bond acceptors (Lipinski definition) is 4. The molecule has 2 N–H and O–H groups in total. The van der Waals surface area contributed by atoms with Crippen LogP contribution in [0.5, 0.6) is 0 Å². The van der Waals surface area contributed by atoms with E-state index in [1.165, 1.54) is 16.2 Å². The van der Waals surface area contributed by atoms with E-state index in [1.807, 2.05) is 6.92 Å². The minimum atomic E-state index is -0.334. The molecule has 0 radical (unpaired) electrons. The summed E-state index contributed by atoms with van der Waals surface area (Å²) >= 11 is 1.51. The summed E-state index contributed by atoms with van der Waals surface area (Å²) < 4.78 is 5.20. The van der Waals surface area contributed by atoms with Gasteiger partial charge in [0.15, 0.2) is 0 Å². The van der Waals surface area contributed by atoms with Crippen LogP contribution in [0.2, 0.25) is 0 Å². The van der Waals surface area contributed by atoms with Crippen molar-refractivity contribution in [3.63, 3.8) is 0 Å². The van der Waals surface area contributed by atoms with Crippen molar-refractivity contribution in [1.82, 2.24) is 5.32 Å². The smallest absolute Gasteiger partial charge is 0.341 e. The topological polar surface area (TPSA) is 67.4 Å². The molecular weight excluding hydrogens is 300 g/mol. The van der Waals surface area contributed by atoms with Crippen LogP contribution in [0.4, 0.5) is 9.80 Å². The van der Waals surface area contributed by atoms with E-state index < -0.39 is 0 Å². The van der Waals surface area contributed by atoms with Gasteiger partial charge in [-0.2, -0.15) is 0 Å². The van der Waals surface area contributed by atoms with E-state index in [-0.39, 0.29) is 12.0 Å². The van der Waals surface area contributed by atoms with Gasteiger partial charge >= 0.3 is 12.0 Å². The molecule has 1 heterocycles. The molecule has 0 aromatic carbocycles. The summed E-state index contributed by atoms with van der Waals surface area (Å²) in [5.41, 5.74) is 1.63. The molecule has 2 rings (SSSR count). The van der Waals surface area contributed by atoms with Crippen LogP contribution in [0.3, 0.4) is 0 Å². The van der Waals surface area contributed by atoms with E-state index >= 15 is 0 Å². The van der Waals surface area contributed by atoms with Crippen LogP contribution in [0.1, 0.15) is 66.8 Å². The number of urea groups is 1. The molecule has 122 valence electrons. The molecule has 0 spiro atoms. The van der Waals surface area contributed by atoms with Gasteiger partial charge in [0.05, 0.1) is 12.2 Å². The van der Waals surface area contributed by atoms with Gasteiger partial charge in [-0.15, -0.1) is 11.3 Å². The molecule has 0 saturated carbocycles. The third-order valence-electron chi connectivity index (χ3n) is 3.80. The Morgan fingerprint density at radius 1 is 1.36 bits per heavy atom. The second-order valence-corrected chi connectivity index (χ2v) is 6.64. The number of hydrogen-bond donors (Lipinski definition) is 2. The van der Waals surface area contributed by atoms with E-state index in [0.29, 0.717) is 29.6 Å². The van der Waals surface area contributed by atoms with E-state index in [2.05, 4.69) is 17.6 Å². The zero-order valence-electron chi connectivity index (χ0n) is 13.5. The van der Waals surface area contributed by atoms with Gasteiger partial charge in [-0.3, -0.25) is 5.32 Å². The minimum Gasteiger partial charge on any atom is -0.462 e. The Bertz CT molecular complexity index is 554. The Balaban J connectivity index is 2.31. The Hall–Kier alpha value is -1.56. The monoisotopic (exact) mass is 324 g/mol. The molecule has 1 aliphatic carbocycles. The first-order valence-electron chi connectivity index (χ1n) is 7.95. The van der Waals surface area contributed by atoms with E-state index in [1.54, 1.807) is 6.92 Å². The predicted molar refractivity (Wildman–Crippen MR) is 88.9 cm³/mol. The normalized spacial score (nSPS) is 16.8. The maximum Gasteiger partial charge on any atom is 0.341 e. The number of fused-ring (bicyclic) bond motifs is 1. The Morgan fingerprint density at radius 2 is 2.14 bits per heavy atom. The molecule has 1 aromatic rings. The van der Waals surface area contributed by atoms with Gasteiger partial charge in [0.25, 0.3) is 0 Å². The number of esters is 1. The molecule has 2 amide bonds. The summed E-state index contributed by atoms with van der Waals surface area (Å²) in [7, 11) is 0.